The number of benzene rings is 2. The third kappa shape index (κ3) is 4.02. The summed E-state index contributed by atoms with van der Waals surface area (Å²) in [5.74, 6) is -0.462. The fourth-order valence-electron chi connectivity index (χ4n) is 2.50. The van der Waals surface area contributed by atoms with E-state index in [4.69, 9.17) is 9.15 Å². The largest absolute Gasteiger partial charge is 0.462 e. The van der Waals surface area contributed by atoms with E-state index in [1.54, 1.807) is 42.5 Å². The van der Waals surface area contributed by atoms with Crippen LogP contribution in [0.2, 0.25) is 0 Å². The predicted octanol–water partition coefficient (Wildman–Crippen LogP) is 5.72. The zero-order valence-corrected chi connectivity index (χ0v) is 16.1. The zero-order valence-electron chi connectivity index (χ0n) is 15.2. The molecule has 2 aromatic carbocycles. The molecule has 0 fully saturated rings. The molecular weight excluding hydrogens is 353 g/mol. The Hall–Kier alpha value is -2.47. The number of carbonyl (C=O) groups excluding carboxylic acids is 1. The van der Waals surface area contributed by atoms with Crippen LogP contribution in [0.3, 0.4) is 0 Å². The highest BCUT2D eigenvalue weighted by atomic mass is 32.1. The van der Waals surface area contributed by atoms with E-state index in [2.05, 4.69) is 12.8 Å². The van der Waals surface area contributed by atoms with Crippen molar-refractivity contribution in [2.45, 2.75) is 20.8 Å². The summed E-state index contributed by atoms with van der Waals surface area (Å²) >= 11 is 4.26. The van der Waals surface area contributed by atoms with Crippen LogP contribution in [0, 0.1) is 5.82 Å². The zero-order chi connectivity index (χ0) is 19.3. The number of ether oxygens (including phenoxy) is 1. The Morgan fingerprint density at radius 2 is 1.85 bits per heavy atom. The lowest BCUT2D eigenvalue weighted by Gasteiger charge is -2.09. The van der Waals surface area contributed by atoms with Crippen LogP contribution in [-0.4, -0.2) is 19.6 Å². The number of rotatable bonds is 4. The molecule has 0 amide bonds. The Labute approximate surface area is 158 Å². The van der Waals surface area contributed by atoms with E-state index in [1.165, 1.54) is 12.1 Å². The van der Waals surface area contributed by atoms with Crippen LogP contribution in [0.5, 0.6) is 0 Å². The van der Waals surface area contributed by atoms with E-state index in [9.17, 15) is 9.18 Å². The summed E-state index contributed by atoms with van der Waals surface area (Å²) in [4.78, 5) is 12.4. The first-order chi connectivity index (χ1) is 12.5. The predicted molar refractivity (Wildman–Crippen MR) is 106 cm³/mol. The number of carbonyl (C=O) groups is 1. The molecule has 0 radical (unpaired) electrons. The van der Waals surface area contributed by atoms with Gasteiger partial charge in [-0.15, -0.1) is 0 Å². The van der Waals surface area contributed by atoms with Crippen molar-refractivity contribution < 1.29 is 18.3 Å². The Balaban J connectivity index is 0.00000117. The van der Waals surface area contributed by atoms with Gasteiger partial charge in [-0.3, -0.25) is 0 Å². The smallest absolute Gasteiger partial charge is 0.342 e. The average molecular weight is 375 g/mol. The first-order valence-electron chi connectivity index (χ1n) is 8.43. The quantitative estimate of drug-likeness (QED) is 0.468. The Morgan fingerprint density at radius 3 is 2.42 bits per heavy atom. The normalized spacial score (nSPS) is 10.2. The molecule has 3 rings (SSSR count). The van der Waals surface area contributed by atoms with Crippen molar-refractivity contribution in [1.82, 2.24) is 0 Å². The molecule has 0 unspecified atom stereocenters. The van der Waals surface area contributed by atoms with Crippen LogP contribution in [0.25, 0.3) is 22.3 Å². The summed E-state index contributed by atoms with van der Waals surface area (Å²) < 4.78 is 25.9. The van der Waals surface area contributed by atoms with E-state index in [0.717, 1.165) is 5.69 Å². The van der Waals surface area contributed by atoms with Gasteiger partial charge in [0.05, 0.1) is 12.3 Å². The fourth-order valence-corrected chi connectivity index (χ4v) is 2.62. The summed E-state index contributed by atoms with van der Waals surface area (Å²) in [6.45, 7) is 6.00. The second-order valence-corrected chi connectivity index (χ2v) is 5.84. The molecule has 0 aliphatic rings. The number of hydrogen-bond donors (Lipinski definition) is 1. The molecule has 3 aromatic rings. The molecule has 0 spiro atoms. The number of fused-ring (bicyclic) bond motifs is 1. The van der Waals surface area contributed by atoms with Gasteiger partial charge in [-0.1, -0.05) is 26.7 Å². The number of nitrogens with zero attached hydrogens (tertiary/aromatic N) is 1. The van der Waals surface area contributed by atoms with E-state index in [1.807, 2.05) is 19.9 Å². The van der Waals surface area contributed by atoms with E-state index < -0.39 is 5.97 Å². The minimum Gasteiger partial charge on any atom is -0.462 e. The van der Waals surface area contributed by atoms with Crippen molar-refractivity contribution in [3.8, 4) is 11.3 Å². The monoisotopic (exact) mass is 375 g/mol. The van der Waals surface area contributed by atoms with Crippen LogP contribution < -0.4 is 4.31 Å². The molecule has 0 atom stereocenters. The lowest BCUT2D eigenvalue weighted by atomic mass is 10.1. The summed E-state index contributed by atoms with van der Waals surface area (Å²) in [5, 5.41) is 0.645. The Bertz CT molecular complexity index is 888. The first-order valence-corrected chi connectivity index (χ1v) is 8.83. The Kier molecular flexibility index (Phi) is 6.69. The number of thiol groups is 1. The maximum absolute atomic E-state index is 13.2. The van der Waals surface area contributed by atoms with Crippen molar-refractivity contribution >= 4 is 35.4 Å². The average Bonchev–Trinajstić information content (AvgIpc) is 3.02. The molecule has 0 aliphatic heterocycles. The van der Waals surface area contributed by atoms with Crippen molar-refractivity contribution in [2.24, 2.45) is 0 Å². The topological polar surface area (TPSA) is 42.7 Å². The molecular formula is C20H22FNO3S. The van der Waals surface area contributed by atoms with Gasteiger partial charge in [0.2, 0.25) is 0 Å². The van der Waals surface area contributed by atoms with Crippen molar-refractivity contribution in [3.05, 3.63) is 53.8 Å². The van der Waals surface area contributed by atoms with E-state index in [0.29, 0.717) is 27.9 Å². The van der Waals surface area contributed by atoms with E-state index >= 15 is 0 Å². The summed E-state index contributed by atoms with van der Waals surface area (Å²) in [5.41, 5.74) is 2.31. The van der Waals surface area contributed by atoms with Crippen LogP contribution in [-0.2, 0) is 4.74 Å². The SMILES string of the molecule is CC.CCOC(=O)c1c(-c2ccc(F)cc2)oc2cc(N(C)S)ccc12. The van der Waals surface area contributed by atoms with Crippen molar-refractivity contribution in [2.75, 3.05) is 18.0 Å². The number of anilines is 1. The van der Waals surface area contributed by atoms with Gasteiger partial charge in [-0.05, 0) is 43.3 Å². The molecule has 26 heavy (non-hydrogen) atoms. The van der Waals surface area contributed by atoms with Crippen LogP contribution in [0.15, 0.2) is 46.9 Å². The highest BCUT2D eigenvalue weighted by Gasteiger charge is 2.23. The van der Waals surface area contributed by atoms with Crippen LogP contribution in [0.1, 0.15) is 31.1 Å². The molecule has 1 aromatic heterocycles. The summed E-state index contributed by atoms with van der Waals surface area (Å²) in [7, 11) is 1.79. The van der Waals surface area contributed by atoms with Gasteiger partial charge in [0.1, 0.15) is 22.7 Å². The lowest BCUT2D eigenvalue weighted by molar-refractivity contribution is 0.0529. The van der Waals surface area contributed by atoms with Crippen molar-refractivity contribution in [1.29, 1.82) is 0 Å². The lowest BCUT2D eigenvalue weighted by Crippen LogP contribution is -2.05. The Morgan fingerprint density at radius 1 is 1.19 bits per heavy atom. The van der Waals surface area contributed by atoms with Crippen LogP contribution >= 0.6 is 12.8 Å². The van der Waals surface area contributed by atoms with Gasteiger partial charge < -0.3 is 13.5 Å². The first kappa shape index (κ1) is 19.8. The highest BCUT2D eigenvalue weighted by molar-refractivity contribution is 7.81. The molecule has 1 heterocycles. The molecule has 4 nitrogen and oxygen atoms in total. The van der Waals surface area contributed by atoms with Gasteiger partial charge in [0.15, 0.2) is 0 Å². The van der Waals surface area contributed by atoms with Gasteiger partial charge in [-0.25, -0.2) is 9.18 Å². The van der Waals surface area contributed by atoms with Crippen molar-refractivity contribution in [3.63, 3.8) is 0 Å². The molecule has 0 N–H and O–H groups in total. The van der Waals surface area contributed by atoms with Crippen LogP contribution in [0.4, 0.5) is 10.1 Å². The van der Waals surface area contributed by atoms with Gasteiger partial charge in [0, 0.05) is 24.1 Å². The fraction of sp³-hybridized carbons (Fsp3) is 0.250. The second kappa shape index (κ2) is 8.76. The van der Waals surface area contributed by atoms with E-state index in [-0.39, 0.29) is 12.4 Å². The molecule has 0 saturated heterocycles. The van der Waals surface area contributed by atoms with Gasteiger partial charge in [-0.2, -0.15) is 0 Å². The standard InChI is InChI=1S/C18H16FNO3S.C2H6/c1-3-22-18(21)16-14-9-8-13(20(2)24)10-15(14)23-17(16)11-4-6-12(19)7-5-11;1-2/h4-10,24H,3H2,1-2H3;1-2H3. The third-order valence-electron chi connectivity index (χ3n) is 3.63. The molecule has 138 valence electrons. The number of furan rings is 1. The highest BCUT2D eigenvalue weighted by Crippen LogP contribution is 2.36. The molecule has 0 aliphatic carbocycles. The number of halogens is 1. The van der Waals surface area contributed by atoms with Gasteiger partial charge >= 0.3 is 5.97 Å². The molecule has 6 heteroatoms. The molecule has 0 bridgehead atoms. The minimum absolute atomic E-state index is 0.256. The van der Waals surface area contributed by atoms with Gasteiger partial charge in [0.25, 0.3) is 0 Å². The number of esters is 1. The second-order valence-electron chi connectivity index (χ2n) is 5.24. The summed E-state index contributed by atoms with van der Waals surface area (Å²) in [6, 6.07) is 11.2. The minimum atomic E-state index is -0.470. The number of hydrogen-bond acceptors (Lipinski definition) is 5. The molecule has 0 saturated carbocycles. The maximum atomic E-state index is 13.2. The third-order valence-corrected chi connectivity index (χ3v) is 3.86. The summed E-state index contributed by atoms with van der Waals surface area (Å²) in [6.07, 6.45) is 0. The maximum Gasteiger partial charge on any atom is 0.342 e.